The predicted molar refractivity (Wildman–Crippen MR) is 70.1 cm³/mol. The van der Waals surface area contributed by atoms with Crippen molar-refractivity contribution in [3.63, 3.8) is 0 Å². The molecule has 2 amide bonds. The maximum atomic E-state index is 11.9. The van der Waals surface area contributed by atoms with Crippen LogP contribution in [-0.2, 0) is 9.53 Å². The van der Waals surface area contributed by atoms with Crippen molar-refractivity contribution in [3.05, 3.63) is 12.2 Å². The maximum absolute atomic E-state index is 11.9. The van der Waals surface area contributed by atoms with E-state index in [9.17, 15) is 9.59 Å². The number of ether oxygens (including phenoxy) is 1. The first kappa shape index (κ1) is 14.7. The Balaban J connectivity index is 2.51. The molecule has 0 N–H and O–H groups in total. The summed E-state index contributed by atoms with van der Waals surface area (Å²) in [7, 11) is 0. The number of hydrogen-bond donors (Lipinski definition) is 0. The third-order valence-electron chi connectivity index (χ3n) is 3.15. The minimum absolute atomic E-state index is 0.134. The second kappa shape index (κ2) is 7.19. The van der Waals surface area contributed by atoms with Crippen LogP contribution in [0.25, 0.3) is 0 Å². The van der Waals surface area contributed by atoms with Crippen molar-refractivity contribution < 1.29 is 14.3 Å². The molecule has 1 saturated heterocycles. The predicted octanol–water partition coefficient (Wildman–Crippen LogP) is 3.13. The molecule has 0 saturated carbocycles. The number of unbranched alkanes of at least 4 members (excludes halogenated alkanes) is 3. The molecule has 1 aliphatic heterocycles. The molecule has 4 nitrogen and oxygen atoms in total. The van der Waals surface area contributed by atoms with Crippen LogP contribution in [0.1, 0.15) is 46.5 Å². The van der Waals surface area contributed by atoms with E-state index in [4.69, 9.17) is 4.74 Å². The fraction of sp³-hybridized carbons (Fsp3) is 0.714. The van der Waals surface area contributed by atoms with Gasteiger partial charge in [0.2, 0.25) is 0 Å². The average Bonchev–Trinajstić information content (AvgIpc) is 2.71. The van der Waals surface area contributed by atoms with Gasteiger partial charge in [-0.05, 0) is 24.8 Å². The lowest BCUT2D eigenvalue weighted by Gasteiger charge is -2.20. The summed E-state index contributed by atoms with van der Waals surface area (Å²) in [5.41, 5.74) is 0. The summed E-state index contributed by atoms with van der Waals surface area (Å²) in [6.45, 7) is 6.42. The van der Waals surface area contributed by atoms with Crippen molar-refractivity contribution in [2.24, 2.45) is 5.92 Å². The molecule has 0 bridgehead atoms. The first-order chi connectivity index (χ1) is 8.57. The van der Waals surface area contributed by atoms with Crippen LogP contribution in [0.3, 0.4) is 0 Å². The van der Waals surface area contributed by atoms with Gasteiger partial charge in [0.25, 0.3) is 5.91 Å². The minimum atomic E-state index is -0.517. The Morgan fingerprint density at radius 3 is 2.83 bits per heavy atom. The van der Waals surface area contributed by atoms with E-state index in [-0.39, 0.29) is 17.9 Å². The Morgan fingerprint density at radius 2 is 2.22 bits per heavy atom. The monoisotopic (exact) mass is 253 g/mol. The smallest absolute Gasteiger partial charge is 0.417 e. The van der Waals surface area contributed by atoms with E-state index in [1.54, 1.807) is 0 Å². The van der Waals surface area contributed by atoms with E-state index >= 15 is 0 Å². The van der Waals surface area contributed by atoms with Crippen molar-refractivity contribution in [1.29, 1.82) is 0 Å². The van der Waals surface area contributed by atoms with Crippen molar-refractivity contribution in [3.8, 4) is 0 Å². The van der Waals surface area contributed by atoms with Crippen LogP contribution in [0, 0.1) is 5.92 Å². The van der Waals surface area contributed by atoms with Gasteiger partial charge in [-0.3, -0.25) is 4.79 Å². The van der Waals surface area contributed by atoms with Gasteiger partial charge in [-0.15, -0.1) is 0 Å². The van der Waals surface area contributed by atoms with E-state index < -0.39 is 6.09 Å². The van der Waals surface area contributed by atoms with Gasteiger partial charge >= 0.3 is 6.09 Å². The fourth-order valence-corrected chi connectivity index (χ4v) is 1.96. The average molecular weight is 253 g/mol. The molecule has 4 heteroatoms. The highest BCUT2D eigenvalue weighted by Gasteiger charge is 2.38. The molecule has 0 aromatic carbocycles. The van der Waals surface area contributed by atoms with Crippen molar-refractivity contribution in [2.75, 3.05) is 6.61 Å². The molecule has 1 heterocycles. The molecule has 0 radical (unpaired) electrons. The van der Waals surface area contributed by atoms with Crippen LogP contribution in [-0.4, -0.2) is 29.5 Å². The maximum Gasteiger partial charge on any atom is 0.417 e. The van der Waals surface area contributed by atoms with Crippen LogP contribution < -0.4 is 0 Å². The zero-order valence-electron chi connectivity index (χ0n) is 11.5. The number of rotatable bonds is 6. The lowest BCUT2D eigenvalue weighted by molar-refractivity contribution is -0.124. The summed E-state index contributed by atoms with van der Waals surface area (Å²) in [6.07, 6.45) is 7.12. The van der Waals surface area contributed by atoms with E-state index in [2.05, 4.69) is 6.92 Å². The van der Waals surface area contributed by atoms with Crippen LogP contribution in [0.5, 0.6) is 0 Å². The zero-order valence-corrected chi connectivity index (χ0v) is 11.5. The number of cyclic esters (lactones) is 1. The number of allylic oxidation sites excluding steroid dienone is 1. The normalized spacial score (nSPS) is 19.9. The van der Waals surface area contributed by atoms with Gasteiger partial charge in [0.05, 0.1) is 6.04 Å². The molecule has 0 spiro atoms. The topological polar surface area (TPSA) is 46.6 Å². The van der Waals surface area contributed by atoms with Crippen molar-refractivity contribution in [1.82, 2.24) is 4.90 Å². The third kappa shape index (κ3) is 3.86. The van der Waals surface area contributed by atoms with Gasteiger partial charge in [0.1, 0.15) is 6.61 Å². The molecule has 102 valence electrons. The lowest BCUT2D eigenvalue weighted by Crippen LogP contribution is -2.40. The quantitative estimate of drug-likeness (QED) is 0.539. The highest BCUT2D eigenvalue weighted by Crippen LogP contribution is 2.19. The first-order valence-corrected chi connectivity index (χ1v) is 6.74. The van der Waals surface area contributed by atoms with Gasteiger partial charge in [0.15, 0.2) is 0 Å². The van der Waals surface area contributed by atoms with Gasteiger partial charge in [-0.25, -0.2) is 9.69 Å². The van der Waals surface area contributed by atoms with Gasteiger partial charge < -0.3 is 4.74 Å². The van der Waals surface area contributed by atoms with E-state index in [0.29, 0.717) is 6.61 Å². The minimum Gasteiger partial charge on any atom is -0.447 e. The summed E-state index contributed by atoms with van der Waals surface area (Å²) < 4.78 is 4.94. The third-order valence-corrected chi connectivity index (χ3v) is 3.15. The number of hydrogen-bond acceptors (Lipinski definition) is 3. The summed E-state index contributed by atoms with van der Waals surface area (Å²) in [5.74, 6) is -0.0402. The molecular weight excluding hydrogens is 230 g/mol. The molecule has 18 heavy (non-hydrogen) atoms. The molecule has 0 aliphatic carbocycles. The highest BCUT2D eigenvalue weighted by molar-refractivity contribution is 5.99. The van der Waals surface area contributed by atoms with Crippen LogP contribution in [0.15, 0.2) is 12.2 Å². The van der Waals surface area contributed by atoms with E-state index in [1.807, 2.05) is 19.9 Å². The van der Waals surface area contributed by atoms with Gasteiger partial charge in [0, 0.05) is 0 Å². The Morgan fingerprint density at radius 1 is 1.50 bits per heavy atom. The van der Waals surface area contributed by atoms with E-state index in [1.165, 1.54) is 17.4 Å². The Kier molecular flexibility index (Phi) is 5.89. The number of imide groups is 1. The van der Waals surface area contributed by atoms with Gasteiger partial charge in [-0.1, -0.05) is 39.7 Å². The number of carbonyl (C=O) groups excluding carboxylic acids is 2. The molecule has 1 fully saturated rings. The summed E-state index contributed by atoms with van der Waals surface area (Å²) in [5, 5.41) is 0. The number of amides is 2. The van der Waals surface area contributed by atoms with Gasteiger partial charge in [-0.2, -0.15) is 0 Å². The molecule has 0 aromatic heterocycles. The summed E-state index contributed by atoms with van der Waals surface area (Å²) in [4.78, 5) is 24.7. The SMILES string of the molecule is CCCCC/C=C/C(=O)N1C(=O)OC[C@@H]1C(C)C. The molecule has 0 aromatic rings. The second-order valence-electron chi connectivity index (χ2n) is 4.99. The Hall–Kier alpha value is -1.32. The molecule has 1 atom stereocenters. The molecule has 0 unspecified atom stereocenters. The van der Waals surface area contributed by atoms with Crippen LogP contribution >= 0.6 is 0 Å². The Labute approximate surface area is 109 Å². The van der Waals surface area contributed by atoms with Crippen molar-refractivity contribution in [2.45, 2.75) is 52.5 Å². The van der Waals surface area contributed by atoms with Crippen LogP contribution in [0.2, 0.25) is 0 Å². The fourth-order valence-electron chi connectivity index (χ4n) is 1.96. The number of carbonyl (C=O) groups is 2. The molecule has 1 aliphatic rings. The lowest BCUT2D eigenvalue weighted by atomic mass is 10.0. The Bertz CT molecular complexity index is 323. The largest absolute Gasteiger partial charge is 0.447 e. The molecule has 1 rings (SSSR count). The summed E-state index contributed by atoms with van der Waals surface area (Å²) >= 11 is 0. The first-order valence-electron chi connectivity index (χ1n) is 6.74. The van der Waals surface area contributed by atoms with Crippen LogP contribution in [0.4, 0.5) is 4.79 Å². The molecular formula is C14H23NO3. The number of nitrogens with zero attached hydrogens (tertiary/aromatic N) is 1. The van der Waals surface area contributed by atoms with Crippen molar-refractivity contribution >= 4 is 12.0 Å². The summed E-state index contributed by atoms with van der Waals surface area (Å²) in [6, 6.07) is -0.134. The standard InChI is InChI=1S/C14H23NO3/c1-4-5-6-7-8-9-13(16)15-12(11(2)3)10-18-14(15)17/h8-9,11-12H,4-7,10H2,1-3H3/b9-8+/t12-/m1/s1. The second-order valence-corrected chi connectivity index (χ2v) is 4.99. The zero-order chi connectivity index (χ0) is 13.5. The van der Waals surface area contributed by atoms with E-state index in [0.717, 1.165) is 19.3 Å². The highest BCUT2D eigenvalue weighted by atomic mass is 16.6.